The quantitative estimate of drug-likeness (QED) is 0.209. The van der Waals surface area contributed by atoms with E-state index in [0.29, 0.717) is 34.3 Å². The largest absolute Gasteiger partial charge is 0.497 e. The Labute approximate surface area is 244 Å². The molecule has 8 heteroatoms. The molecule has 1 atom stereocenters. The first-order valence-corrected chi connectivity index (χ1v) is 13.6. The van der Waals surface area contributed by atoms with E-state index in [1.807, 2.05) is 66.7 Å². The van der Waals surface area contributed by atoms with Gasteiger partial charge in [0.25, 0.3) is 5.91 Å². The van der Waals surface area contributed by atoms with Crippen LogP contribution in [0.2, 0.25) is 10.0 Å². The van der Waals surface area contributed by atoms with Gasteiger partial charge in [0.1, 0.15) is 17.5 Å². The minimum atomic E-state index is -0.893. The highest BCUT2D eigenvalue weighted by molar-refractivity contribution is 6.32. The first-order chi connectivity index (χ1) is 19.4. The molecule has 0 bridgehead atoms. The van der Waals surface area contributed by atoms with Crippen molar-refractivity contribution in [2.24, 2.45) is 0 Å². The Hall–Kier alpha value is -4.00. The van der Waals surface area contributed by atoms with E-state index in [9.17, 15) is 9.59 Å². The zero-order valence-electron chi connectivity index (χ0n) is 22.1. The zero-order valence-corrected chi connectivity index (χ0v) is 23.6. The molecular formula is C32H30Cl2N2O4. The van der Waals surface area contributed by atoms with E-state index >= 15 is 0 Å². The van der Waals surface area contributed by atoms with Gasteiger partial charge in [-0.2, -0.15) is 0 Å². The van der Waals surface area contributed by atoms with E-state index in [-0.39, 0.29) is 25.0 Å². The summed E-state index contributed by atoms with van der Waals surface area (Å²) in [5, 5.41) is 4.01. The molecule has 0 saturated heterocycles. The molecule has 0 aliphatic heterocycles. The van der Waals surface area contributed by atoms with Gasteiger partial charge in [-0.25, -0.2) is 0 Å². The molecule has 0 saturated carbocycles. The molecule has 4 aromatic rings. The minimum absolute atomic E-state index is 0.174. The van der Waals surface area contributed by atoms with Crippen LogP contribution in [0.5, 0.6) is 11.5 Å². The fourth-order valence-electron chi connectivity index (χ4n) is 4.22. The molecule has 206 valence electrons. The molecule has 0 spiro atoms. The monoisotopic (exact) mass is 576 g/mol. The van der Waals surface area contributed by atoms with Crippen LogP contribution in [0, 0.1) is 0 Å². The lowest BCUT2D eigenvalue weighted by Crippen LogP contribution is -2.45. The van der Waals surface area contributed by atoms with Gasteiger partial charge in [-0.15, -0.1) is 0 Å². The standard InChI is InChI=1S/C32H30Cl2N2O4/c1-39-27-17-13-23(14-18-27)19-20-35-32(38)31(25-7-3-2-4-8-25)36(21-24-11-15-26(33)16-12-24)30(37)22-40-29-10-6-5-9-28(29)34/h2-18,31H,19-22H2,1H3,(H,35,38)/t31-/m1/s1. The summed E-state index contributed by atoms with van der Waals surface area (Å²) < 4.78 is 11.0. The van der Waals surface area contributed by atoms with Gasteiger partial charge in [0, 0.05) is 18.1 Å². The molecule has 0 heterocycles. The fraction of sp³-hybridized carbons (Fsp3) is 0.188. The molecule has 0 aliphatic rings. The van der Waals surface area contributed by atoms with E-state index in [1.54, 1.807) is 43.5 Å². The van der Waals surface area contributed by atoms with Crippen molar-refractivity contribution in [1.82, 2.24) is 10.2 Å². The molecular weight excluding hydrogens is 547 g/mol. The van der Waals surface area contributed by atoms with Gasteiger partial charge in [0.15, 0.2) is 6.61 Å². The molecule has 1 N–H and O–H groups in total. The summed E-state index contributed by atoms with van der Waals surface area (Å²) >= 11 is 12.3. The molecule has 0 aromatic heterocycles. The first-order valence-electron chi connectivity index (χ1n) is 12.8. The molecule has 2 amide bonds. The molecule has 0 radical (unpaired) electrons. The SMILES string of the molecule is COc1ccc(CCNC(=O)[C@@H](c2ccccc2)N(Cc2ccc(Cl)cc2)C(=O)COc2ccccc2Cl)cc1. The second-order valence-electron chi connectivity index (χ2n) is 9.07. The highest BCUT2D eigenvalue weighted by atomic mass is 35.5. The number of carbonyl (C=O) groups excluding carboxylic acids is 2. The third kappa shape index (κ3) is 8.01. The number of carbonyl (C=O) groups is 2. The molecule has 0 unspecified atom stereocenters. The summed E-state index contributed by atoms with van der Waals surface area (Å²) in [7, 11) is 1.62. The van der Waals surface area contributed by atoms with Crippen molar-refractivity contribution >= 4 is 35.0 Å². The molecule has 4 aromatic carbocycles. The van der Waals surface area contributed by atoms with Gasteiger partial charge in [0.05, 0.1) is 12.1 Å². The lowest BCUT2D eigenvalue weighted by atomic mass is 10.0. The number of benzene rings is 4. The minimum Gasteiger partial charge on any atom is -0.497 e. The summed E-state index contributed by atoms with van der Waals surface area (Å²) in [6.45, 7) is 0.278. The second kappa shape index (κ2) is 14.4. The van der Waals surface area contributed by atoms with Crippen LogP contribution in [0.25, 0.3) is 0 Å². The number of amides is 2. The van der Waals surface area contributed by atoms with E-state index < -0.39 is 6.04 Å². The van der Waals surface area contributed by atoms with Crippen molar-refractivity contribution in [2.75, 3.05) is 20.3 Å². The molecule has 6 nitrogen and oxygen atoms in total. The normalized spacial score (nSPS) is 11.4. The number of hydrogen-bond acceptors (Lipinski definition) is 4. The summed E-state index contributed by atoms with van der Waals surface area (Å²) in [5.41, 5.74) is 2.56. The van der Waals surface area contributed by atoms with Gasteiger partial charge in [0.2, 0.25) is 5.91 Å². The zero-order chi connectivity index (χ0) is 28.3. The van der Waals surface area contributed by atoms with Crippen LogP contribution in [-0.4, -0.2) is 37.0 Å². The smallest absolute Gasteiger partial charge is 0.261 e. The van der Waals surface area contributed by atoms with Gasteiger partial charge in [-0.3, -0.25) is 9.59 Å². The van der Waals surface area contributed by atoms with E-state index in [1.165, 1.54) is 4.90 Å². The summed E-state index contributed by atoms with van der Waals surface area (Å²) in [4.78, 5) is 29.0. The predicted molar refractivity (Wildman–Crippen MR) is 158 cm³/mol. The predicted octanol–water partition coefficient (Wildman–Crippen LogP) is 6.51. The maximum Gasteiger partial charge on any atom is 0.261 e. The number of methoxy groups -OCH3 is 1. The van der Waals surface area contributed by atoms with Crippen LogP contribution < -0.4 is 14.8 Å². The number of nitrogens with one attached hydrogen (secondary N) is 1. The summed E-state index contributed by atoms with van der Waals surface area (Å²) in [6, 6.07) is 30.2. The molecule has 0 fully saturated rings. The number of hydrogen-bond donors (Lipinski definition) is 1. The number of nitrogens with zero attached hydrogens (tertiary/aromatic N) is 1. The molecule has 4 rings (SSSR count). The Morgan fingerprint density at radius 2 is 1.48 bits per heavy atom. The lowest BCUT2D eigenvalue weighted by molar-refractivity contribution is -0.143. The fourth-order valence-corrected chi connectivity index (χ4v) is 4.54. The van der Waals surface area contributed by atoms with Crippen LogP contribution in [0.1, 0.15) is 22.7 Å². The van der Waals surface area contributed by atoms with Gasteiger partial charge < -0.3 is 19.7 Å². The Morgan fingerprint density at radius 1 is 0.825 bits per heavy atom. The van der Waals surface area contributed by atoms with Crippen LogP contribution >= 0.6 is 23.2 Å². The molecule has 40 heavy (non-hydrogen) atoms. The average molecular weight is 578 g/mol. The van der Waals surface area contributed by atoms with E-state index in [4.69, 9.17) is 32.7 Å². The van der Waals surface area contributed by atoms with Crippen LogP contribution in [0.4, 0.5) is 0 Å². The van der Waals surface area contributed by atoms with Gasteiger partial charge in [-0.1, -0.05) is 89.9 Å². The highest BCUT2D eigenvalue weighted by Crippen LogP contribution is 2.27. The second-order valence-corrected chi connectivity index (χ2v) is 9.91. The van der Waals surface area contributed by atoms with Crippen LogP contribution in [0.15, 0.2) is 103 Å². The molecule has 0 aliphatic carbocycles. The van der Waals surface area contributed by atoms with Crippen molar-refractivity contribution in [1.29, 1.82) is 0 Å². The number of rotatable bonds is 12. The number of para-hydroxylation sites is 1. The Kier molecular flexibility index (Phi) is 10.4. The van der Waals surface area contributed by atoms with Crippen molar-refractivity contribution in [3.8, 4) is 11.5 Å². The Balaban J connectivity index is 1.57. The maximum absolute atomic E-state index is 13.7. The summed E-state index contributed by atoms with van der Waals surface area (Å²) in [5.74, 6) is 0.505. The van der Waals surface area contributed by atoms with Crippen molar-refractivity contribution in [3.05, 3.63) is 130 Å². The van der Waals surface area contributed by atoms with Crippen molar-refractivity contribution in [3.63, 3.8) is 0 Å². The first kappa shape index (κ1) is 29.0. The van der Waals surface area contributed by atoms with Crippen LogP contribution in [-0.2, 0) is 22.6 Å². The van der Waals surface area contributed by atoms with Gasteiger partial charge in [-0.05, 0) is 59.5 Å². The Bertz CT molecular complexity index is 1400. The third-order valence-electron chi connectivity index (χ3n) is 6.32. The van der Waals surface area contributed by atoms with E-state index in [2.05, 4.69) is 5.32 Å². The third-order valence-corrected chi connectivity index (χ3v) is 6.89. The Morgan fingerprint density at radius 3 is 2.15 bits per heavy atom. The average Bonchev–Trinajstić information content (AvgIpc) is 2.98. The lowest BCUT2D eigenvalue weighted by Gasteiger charge is -2.31. The number of ether oxygens (including phenoxy) is 2. The topological polar surface area (TPSA) is 67.9 Å². The number of halogens is 2. The summed E-state index contributed by atoms with van der Waals surface area (Å²) in [6.07, 6.45) is 0.623. The van der Waals surface area contributed by atoms with Crippen LogP contribution in [0.3, 0.4) is 0 Å². The van der Waals surface area contributed by atoms with E-state index in [0.717, 1.165) is 16.9 Å². The maximum atomic E-state index is 13.7. The highest BCUT2D eigenvalue weighted by Gasteiger charge is 2.31. The van der Waals surface area contributed by atoms with Gasteiger partial charge >= 0.3 is 0 Å². The van der Waals surface area contributed by atoms with Crippen molar-refractivity contribution < 1.29 is 19.1 Å². The van der Waals surface area contributed by atoms with Crippen molar-refractivity contribution in [2.45, 2.75) is 19.0 Å².